The van der Waals surface area contributed by atoms with Crippen molar-refractivity contribution in [3.8, 4) is 16.8 Å². The monoisotopic (exact) mass is 935 g/mol. The zero-order valence-electron chi connectivity index (χ0n) is 34.7. The van der Waals surface area contributed by atoms with Gasteiger partial charge < -0.3 is 10.7 Å². The van der Waals surface area contributed by atoms with E-state index in [1.54, 1.807) is 18.2 Å². The van der Waals surface area contributed by atoms with E-state index in [1.807, 2.05) is 32.0 Å². The van der Waals surface area contributed by atoms with Gasteiger partial charge in [-0.1, -0.05) is 35.9 Å². The Morgan fingerprint density at radius 3 is 2.37 bits per heavy atom. The number of hydrogen-bond donors (Lipinski definition) is 3. The number of nitrogens with one attached hydrogen (secondary N) is 3. The van der Waals surface area contributed by atoms with E-state index in [1.165, 1.54) is 23.9 Å². The van der Waals surface area contributed by atoms with Crippen molar-refractivity contribution in [3.63, 3.8) is 0 Å². The third kappa shape index (κ3) is 7.13. The van der Waals surface area contributed by atoms with E-state index >= 15 is 13.6 Å². The normalized spacial score (nSPS) is 17.9. The van der Waals surface area contributed by atoms with Crippen molar-refractivity contribution in [2.24, 2.45) is 12.5 Å². The van der Waals surface area contributed by atoms with Gasteiger partial charge in [0.05, 0.1) is 50.2 Å². The van der Waals surface area contributed by atoms with E-state index in [0.717, 1.165) is 39.6 Å². The zero-order valence-corrected chi connectivity index (χ0v) is 36.2. The Morgan fingerprint density at radius 2 is 1.72 bits per heavy atom. The van der Waals surface area contributed by atoms with Crippen LogP contribution in [0.1, 0.15) is 64.3 Å². The van der Waals surface area contributed by atoms with Crippen molar-refractivity contribution in [2.75, 3.05) is 11.0 Å². The van der Waals surface area contributed by atoms with E-state index in [9.17, 15) is 30.8 Å². The first kappa shape index (κ1) is 43.7. The van der Waals surface area contributed by atoms with Gasteiger partial charge in [-0.15, -0.1) is 0 Å². The molecule has 0 saturated heterocycles. The summed E-state index contributed by atoms with van der Waals surface area (Å²) in [5.41, 5.74) is -1.55. The highest BCUT2D eigenvalue weighted by atomic mass is 35.5. The lowest BCUT2D eigenvalue weighted by Gasteiger charge is -2.25. The van der Waals surface area contributed by atoms with Gasteiger partial charge in [-0.3, -0.25) is 28.2 Å². The fraction of sp³-hybridized carbons (Fsp3) is 0.273. The molecule has 2 unspecified atom stereocenters. The predicted octanol–water partition coefficient (Wildman–Crippen LogP) is 8.32. The van der Waals surface area contributed by atoms with Gasteiger partial charge >= 0.3 is 5.92 Å². The van der Waals surface area contributed by atoms with Gasteiger partial charge in [0.25, 0.3) is 12.0 Å². The standard InChI is InChI=1S/C44H36ClF6N9O4S/c1-20-6-5-7-21(2)33(20)23-8-9-26-29(15-23)54-41(60(42(26)62)31-11-10-28(45)35-37(31)58(3)56-40(35)57-65(4,63)64)30(14-22-12-24(46)16-25(47)13-22)53-32(61)18-59-38-34(36(55-59)39(48)49)27-17-43(27,19-52)44(38,50)51/h5-13,15-16,19,27,30,39,52H,14,17-18H2,1-4H3,(H,53,61)(H,56,57)/t27?,30-,43?/m0/s1. The van der Waals surface area contributed by atoms with Crippen LogP contribution in [0, 0.1) is 36.3 Å². The lowest BCUT2D eigenvalue weighted by molar-refractivity contribution is -0.123. The van der Waals surface area contributed by atoms with Gasteiger partial charge in [-0.2, -0.15) is 19.0 Å². The molecule has 0 bridgehead atoms. The van der Waals surface area contributed by atoms with Gasteiger partial charge in [0.1, 0.15) is 35.4 Å². The topological polar surface area (TPSA) is 170 Å². The molecule has 1 fully saturated rings. The molecule has 4 aromatic carbocycles. The molecule has 13 nitrogen and oxygen atoms in total. The van der Waals surface area contributed by atoms with E-state index in [2.05, 4.69) is 20.2 Å². The fourth-order valence-corrected chi connectivity index (χ4v) is 10.1. The average molecular weight is 936 g/mol. The second-order valence-electron chi connectivity index (χ2n) is 16.5. The predicted molar refractivity (Wildman–Crippen MR) is 231 cm³/mol. The molecular formula is C44H36ClF6N9O4S. The Kier molecular flexibility index (Phi) is 10.3. The Labute approximate surface area is 370 Å². The van der Waals surface area contributed by atoms with E-state index in [-0.39, 0.29) is 56.1 Å². The van der Waals surface area contributed by atoms with Crippen LogP contribution in [0.15, 0.2) is 71.5 Å². The number of hydrogen-bond acceptors (Lipinski definition) is 8. The first-order chi connectivity index (χ1) is 30.6. The summed E-state index contributed by atoms with van der Waals surface area (Å²) in [6, 6.07) is 14.5. The zero-order chi connectivity index (χ0) is 46.7. The van der Waals surface area contributed by atoms with Gasteiger partial charge in [-0.25, -0.2) is 31.0 Å². The van der Waals surface area contributed by atoms with Crippen LogP contribution in [0.2, 0.25) is 5.02 Å². The molecule has 7 aromatic rings. The lowest BCUT2D eigenvalue weighted by Crippen LogP contribution is -2.38. The molecule has 0 spiro atoms. The number of fused-ring (bicyclic) bond motifs is 5. The Morgan fingerprint density at radius 1 is 1.03 bits per heavy atom. The molecule has 3 N–H and O–H groups in total. The van der Waals surface area contributed by atoms with Crippen LogP contribution < -0.4 is 15.6 Å². The van der Waals surface area contributed by atoms with Crippen LogP contribution in [0.3, 0.4) is 0 Å². The largest absolute Gasteiger partial charge is 0.344 e. The van der Waals surface area contributed by atoms with Crippen molar-refractivity contribution < 1.29 is 39.6 Å². The minimum atomic E-state index is -3.92. The number of carbonyl (C=O) groups excluding carboxylic acids is 1. The lowest BCUT2D eigenvalue weighted by atomic mass is 9.95. The molecule has 65 heavy (non-hydrogen) atoms. The Hall–Kier alpha value is -6.54. The highest BCUT2D eigenvalue weighted by Crippen LogP contribution is 2.76. The van der Waals surface area contributed by atoms with Crippen LogP contribution in [-0.4, -0.2) is 55.9 Å². The summed E-state index contributed by atoms with van der Waals surface area (Å²) in [7, 11) is -2.47. The van der Waals surface area contributed by atoms with Gasteiger partial charge in [0, 0.05) is 37.2 Å². The molecule has 2 aliphatic rings. The minimum absolute atomic E-state index is 0.0149. The smallest absolute Gasteiger partial charge is 0.300 e. The number of aryl methyl sites for hydroxylation is 3. The molecule has 1 saturated carbocycles. The Bertz CT molecular complexity index is 3330. The number of aromatic nitrogens is 6. The van der Waals surface area contributed by atoms with E-state index in [4.69, 9.17) is 22.0 Å². The number of nitrogens with zero attached hydrogens (tertiary/aromatic N) is 6. The number of rotatable bonds is 12. The maximum atomic E-state index is 16.1. The molecule has 336 valence electrons. The number of halogens is 7. The van der Waals surface area contributed by atoms with Crippen molar-refractivity contribution >= 4 is 61.4 Å². The van der Waals surface area contributed by atoms with Gasteiger partial charge in [0.15, 0.2) is 5.82 Å². The first-order valence-corrected chi connectivity index (χ1v) is 22.2. The average Bonchev–Trinajstić information content (AvgIpc) is 3.64. The molecule has 9 rings (SSSR count). The number of benzene rings is 4. The van der Waals surface area contributed by atoms with Crippen molar-refractivity contribution in [1.29, 1.82) is 5.41 Å². The van der Waals surface area contributed by atoms with E-state index < -0.39 is 92.8 Å². The molecule has 21 heteroatoms. The molecule has 0 radical (unpaired) electrons. The van der Waals surface area contributed by atoms with E-state index in [0.29, 0.717) is 22.5 Å². The first-order valence-electron chi connectivity index (χ1n) is 19.9. The summed E-state index contributed by atoms with van der Waals surface area (Å²) in [5, 5.41) is 18.7. The van der Waals surface area contributed by atoms with Crippen LogP contribution in [-0.2, 0) is 40.8 Å². The summed E-state index contributed by atoms with van der Waals surface area (Å²) in [4.78, 5) is 34.4. The van der Waals surface area contributed by atoms with Crippen molar-refractivity contribution in [1.82, 2.24) is 34.4 Å². The summed E-state index contributed by atoms with van der Waals surface area (Å²) in [5.74, 6) is -8.45. The summed E-state index contributed by atoms with van der Waals surface area (Å²) >= 11 is 6.66. The molecule has 3 heterocycles. The van der Waals surface area contributed by atoms with Crippen LogP contribution in [0.5, 0.6) is 0 Å². The van der Waals surface area contributed by atoms with Crippen LogP contribution >= 0.6 is 11.6 Å². The third-order valence-corrected chi connectivity index (χ3v) is 13.0. The molecule has 3 atom stereocenters. The maximum Gasteiger partial charge on any atom is 0.300 e. The number of sulfonamides is 1. The number of alkyl halides is 4. The highest BCUT2D eigenvalue weighted by molar-refractivity contribution is 7.92. The molecule has 1 amide bonds. The van der Waals surface area contributed by atoms with Crippen molar-refractivity contribution in [2.45, 2.75) is 57.5 Å². The maximum absolute atomic E-state index is 16.1. The number of carbonyl (C=O) groups is 1. The SMILES string of the molecule is Cc1cccc(C)c1-c1ccc2c(=O)n(-c3ccc(Cl)c4c(NS(C)(=O)=O)nn(C)c34)c([C@H](Cc3cc(F)cc(F)c3)NC(=O)Cn3nc(C(F)F)c4c3C(F)(F)C3(C=N)CC43)nc2c1. The van der Waals surface area contributed by atoms with Crippen molar-refractivity contribution in [3.05, 3.63) is 133 Å². The summed E-state index contributed by atoms with van der Waals surface area (Å²) in [6.45, 7) is 2.76. The highest BCUT2D eigenvalue weighted by Gasteiger charge is 2.77. The molecular weight excluding hydrogens is 900 g/mol. The fourth-order valence-electron chi connectivity index (χ4n) is 9.33. The molecule has 0 aliphatic heterocycles. The minimum Gasteiger partial charge on any atom is -0.344 e. The number of anilines is 1. The molecule has 3 aromatic heterocycles. The summed E-state index contributed by atoms with van der Waals surface area (Å²) < 4.78 is 120. The third-order valence-electron chi connectivity index (χ3n) is 12.1. The van der Waals surface area contributed by atoms with Gasteiger partial charge in [0.2, 0.25) is 15.9 Å². The second kappa shape index (κ2) is 15.3. The van der Waals surface area contributed by atoms with Gasteiger partial charge in [-0.05, 0) is 84.5 Å². The van der Waals surface area contributed by atoms with Crippen LogP contribution in [0.25, 0.3) is 38.6 Å². The quantitative estimate of drug-likeness (QED) is 0.0818. The summed E-state index contributed by atoms with van der Waals surface area (Å²) in [6.07, 6.45) is -2.58. The number of amides is 1. The molecule has 2 aliphatic carbocycles. The second-order valence-corrected chi connectivity index (χ2v) is 18.6. The Balaban J connectivity index is 1.27. The van der Waals surface area contributed by atoms with Crippen LogP contribution in [0.4, 0.5) is 32.2 Å².